The van der Waals surface area contributed by atoms with Gasteiger partial charge < -0.3 is 30.2 Å². The average Bonchev–Trinajstić information content (AvgIpc) is 2.15. The number of H-pyrrole nitrogens is 1. The van der Waals surface area contributed by atoms with Gasteiger partial charge in [0, 0.05) is 21.1 Å². The van der Waals surface area contributed by atoms with Crippen LogP contribution in [0.4, 0.5) is 5.82 Å². The van der Waals surface area contributed by atoms with Crippen LogP contribution in [0.25, 0.3) is 0 Å². The summed E-state index contributed by atoms with van der Waals surface area (Å²) in [5.74, 6) is 0.551. The van der Waals surface area contributed by atoms with Crippen molar-refractivity contribution in [3.63, 3.8) is 0 Å². The molecule has 0 aromatic carbocycles. The fourth-order valence-electron chi connectivity index (χ4n) is 0.366. The molecule has 0 spiro atoms. The van der Waals surface area contributed by atoms with Crippen LogP contribution in [-0.2, 0) is 33.7 Å². The largest absolute Gasteiger partial charge is 0.411 e. The maximum atomic E-state index is 4.57. The minimum absolute atomic E-state index is 0. The number of aromatic amines is 1. The summed E-state index contributed by atoms with van der Waals surface area (Å²) in [4.78, 5) is 0. The molecule has 0 aliphatic heterocycles. The van der Waals surface area contributed by atoms with Gasteiger partial charge in [-0.05, 0) is 0 Å². The van der Waals surface area contributed by atoms with E-state index in [2.05, 4.69) is 45.6 Å². The Hall–Kier alpha value is -0.0617. The molecule has 1 aromatic heterocycles. The van der Waals surface area contributed by atoms with Crippen molar-refractivity contribution < 1.29 is 21.1 Å². The van der Waals surface area contributed by atoms with Gasteiger partial charge in [-0.25, -0.2) is 0 Å². The van der Waals surface area contributed by atoms with Gasteiger partial charge >= 0.3 is 0 Å². The molecule has 0 bridgehead atoms. The van der Waals surface area contributed by atoms with E-state index >= 15 is 0 Å². The normalized spacial score (nSPS) is 8.00. The van der Waals surface area contributed by atoms with Gasteiger partial charge in [-0.3, -0.25) is 0 Å². The molecule has 4 nitrogen and oxygen atoms in total. The van der Waals surface area contributed by atoms with Gasteiger partial charge in [0.2, 0.25) is 0 Å². The number of aromatic nitrogens is 3. The Morgan fingerprint density at radius 2 is 2.50 bits per heavy atom. The summed E-state index contributed by atoms with van der Waals surface area (Å²) in [5, 5.41) is 12.2. The SMILES string of the molecule is S=C([S-])Nc1cn[nH]n1.[Mo]. The van der Waals surface area contributed by atoms with Crippen LogP contribution in [0.1, 0.15) is 0 Å². The predicted molar refractivity (Wildman–Crippen MR) is 40.0 cm³/mol. The molecule has 1 heterocycles. The van der Waals surface area contributed by atoms with Crippen LogP contribution in [0.5, 0.6) is 0 Å². The van der Waals surface area contributed by atoms with E-state index in [1.807, 2.05) is 0 Å². The molecular weight excluding hydrogens is 252 g/mol. The van der Waals surface area contributed by atoms with Gasteiger partial charge in [-0.2, -0.15) is 10.3 Å². The Balaban J connectivity index is 0.000000810. The van der Waals surface area contributed by atoms with Gasteiger partial charge in [-0.15, -0.1) is 5.10 Å². The number of hydrogen-bond acceptors (Lipinski definition) is 4. The Morgan fingerprint density at radius 1 is 1.80 bits per heavy atom. The van der Waals surface area contributed by atoms with Crippen LogP contribution in [0.3, 0.4) is 0 Å². The molecule has 0 fully saturated rings. The number of nitrogens with zero attached hydrogens (tertiary/aromatic N) is 2. The van der Waals surface area contributed by atoms with Gasteiger partial charge in [0.05, 0.1) is 6.20 Å². The van der Waals surface area contributed by atoms with Crippen molar-refractivity contribution in [3.05, 3.63) is 6.20 Å². The smallest absolute Gasteiger partial charge is 0.171 e. The van der Waals surface area contributed by atoms with E-state index in [9.17, 15) is 0 Å². The van der Waals surface area contributed by atoms with Crippen molar-refractivity contribution in [1.82, 2.24) is 15.4 Å². The first kappa shape index (κ1) is 9.94. The van der Waals surface area contributed by atoms with Crippen LogP contribution in [0, 0.1) is 0 Å². The summed E-state index contributed by atoms with van der Waals surface area (Å²) in [6, 6.07) is 0. The van der Waals surface area contributed by atoms with Gasteiger partial charge in [0.25, 0.3) is 0 Å². The van der Waals surface area contributed by atoms with Crippen LogP contribution >= 0.6 is 12.2 Å². The van der Waals surface area contributed by atoms with Crippen molar-refractivity contribution in [3.8, 4) is 0 Å². The molecule has 0 amide bonds. The Morgan fingerprint density at radius 3 is 2.90 bits per heavy atom. The van der Waals surface area contributed by atoms with E-state index in [1.54, 1.807) is 0 Å². The van der Waals surface area contributed by atoms with Crippen LogP contribution < -0.4 is 5.32 Å². The number of anilines is 1. The number of hydrogen-bond donors (Lipinski definition) is 2. The molecule has 0 aliphatic rings. The first-order chi connectivity index (χ1) is 4.29. The molecule has 0 saturated heterocycles. The molecule has 0 unspecified atom stereocenters. The average molecular weight is 255 g/mol. The zero-order valence-electron chi connectivity index (χ0n) is 4.70. The zero-order chi connectivity index (χ0) is 6.69. The number of nitrogens with one attached hydrogen (secondary N) is 2. The number of rotatable bonds is 1. The van der Waals surface area contributed by atoms with Crippen LogP contribution in [0.15, 0.2) is 6.20 Å². The Bertz CT molecular complexity index is 198. The van der Waals surface area contributed by atoms with Crippen molar-refractivity contribution in [2.45, 2.75) is 0 Å². The molecule has 1 rings (SSSR count). The first-order valence-corrected chi connectivity index (χ1v) is 2.94. The van der Waals surface area contributed by atoms with E-state index in [0.717, 1.165) is 0 Å². The zero-order valence-corrected chi connectivity index (χ0v) is 8.34. The Labute approximate surface area is 82.8 Å². The minimum atomic E-state index is 0. The van der Waals surface area contributed by atoms with Gasteiger partial charge in [-0.1, -0.05) is 4.32 Å². The van der Waals surface area contributed by atoms with Crippen molar-refractivity contribution >= 4 is 35.0 Å². The molecule has 10 heavy (non-hydrogen) atoms. The van der Waals surface area contributed by atoms with Gasteiger partial charge in [0.15, 0.2) is 5.82 Å². The fourth-order valence-corrected chi connectivity index (χ4v) is 0.576. The molecule has 1 aromatic rings. The quantitative estimate of drug-likeness (QED) is 0.422. The number of thiocarbonyl (C=S) groups is 1. The monoisotopic (exact) mass is 257 g/mol. The second kappa shape index (κ2) is 4.71. The molecule has 54 valence electrons. The van der Waals surface area contributed by atoms with E-state index in [0.29, 0.717) is 5.82 Å². The molecular formula is C3H3MoN4S2-. The second-order valence-corrected chi connectivity index (χ2v) is 2.34. The van der Waals surface area contributed by atoms with Crippen LogP contribution in [-0.4, -0.2) is 19.7 Å². The topological polar surface area (TPSA) is 53.6 Å². The summed E-state index contributed by atoms with van der Waals surface area (Å²) in [6.45, 7) is 0. The van der Waals surface area contributed by atoms with Crippen LogP contribution in [0.2, 0.25) is 0 Å². The van der Waals surface area contributed by atoms with E-state index in [4.69, 9.17) is 0 Å². The molecule has 0 saturated carbocycles. The van der Waals surface area contributed by atoms with Crippen molar-refractivity contribution in [2.75, 3.05) is 5.32 Å². The maximum Gasteiger partial charge on any atom is 0.171 e. The second-order valence-electron chi connectivity index (χ2n) is 1.27. The van der Waals surface area contributed by atoms with E-state index < -0.39 is 0 Å². The maximum absolute atomic E-state index is 4.57. The summed E-state index contributed by atoms with van der Waals surface area (Å²) < 4.78 is 0.268. The standard InChI is InChI=1S/C3H4N4S2.Mo/c8-3(9)5-2-1-4-7-6-2;/h1H,(H3,4,5,6,7,8,9);/p-1. The summed E-state index contributed by atoms with van der Waals surface area (Å²) in [6.07, 6.45) is 1.50. The summed E-state index contributed by atoms with van der Waals surface area (Å²) >= 11 is 9.13. The summed E-state index contributed by atoms with van der Waals surface area (Å²) in [5.41, 5.74) is 0. The van der Waals surface area contributed by atoms with Crippen molar-refractivity contribution in [1.29, 1.82) is 0 Å². The molecule has 0 atom stereocenters. The fraction of sp³-hybridized carbons (Fsp3) is 0. The Kier molecular flexibility index (Phi) is 4.68. The van der Waals surface area contributed by atoms with Gasteiger partial charge in [0.1, 0.15) is 0 Å². The van der Waals surface area contributed by atoms with E-state index in [-0.39, 0.29) is 25.4 Å². The molecule has 0 radical (unpaired) electrons. The summed E-state index contributed by atoms with van der Waals surface area (Å²) in [7, 11) is 0. The predicted octanol–water partition coefficient (Wildman–Crippen LogP) is 0.0459. The molecule has 2 N–H and O–H groups in total. The third-order valence-corrected chi connectivity index (χ3v) is 0.849. The first-order valence-electron chi connectivity index (χ1n) is 2.13. The molecule has 7 heteroatoms. The third kappa shape index (κ3) is 3.19. The van der Waals surface area contributed by atoms with E-state index in [1.165, 1.54) is 6.20 Å². The van der Waals surface area contributed by atoms with Crippen molar-refractivity contribution in [2.24, 2.45) is 0 Å². The molecule has 0 aliphatic carbocycles. The minimum Gasteiger partial charge on any atom is -0.411 e. The third-order valence-electron chi connectivity index (χ3n) is 0.645.